The quantitative estimate of drug-likeness (QED) is 0.888. The van der Waals surface area contributed by atoms with E-state index >= 15 is 0 Å². The highest BCUT2D eigenvalue weighted by atomic mass is 32.1. The van der Waals surface area contributed by atoms with Crippen LogP contribution < -0.4 is 10.6 Å². The lowest BCUT2D eigenvalue weighted by atomic mass is 10.1. The van der Waals surface area contributed by atoms with Gasteiger partial charge in [0.05, 0.1) is 17.6 Å². The number of rotatable bonds is 4. The molecule has 0 aromatic carbocycles. The van der Waals surface area contributed by atoms with Crippen LogP contribution in [0.5, 0.6) is 0 Å². The van der Waals surface area contributed by atoms with E-state index in [1.165, 1.54) is 16.0 Å². The maximum Gasteiger partial charge on any atom is 0.239 e. The van der Waals surface area contributed by atoms with Crippen LogP contribution >= 0.6 is 11.3 Å². The van der Waals surface area contributed by atoms with E-state index < -0.39 is 0 Å². The normalized spacial score (nSPS) is 18.8. The third kappa shape index (κ3) is 3.38. The van der Waals surface area contributed by atoms with Crippen molar-refractivity contribution >= 4 is 22.2 Å². The van der Waals surface area contributed by atoms with Gasteiger partial charge >= 0.3 is 0 Å². The summed E-state index contributed by atoms with van der Waals surface area (Å²) >= 11 is 1.65. The Morgan fingerprint density at radius 3 is 2.83 bits per heavy atom. The van der Waals surface area contributed by atoms with Crippen LogP contribution in [0.15, 0.2) is 12.4 Å². The van der Waals surface area contributed by atoms with Gasteiger partial charge in [0.1, 0.15) is 5.82 Å². The number of aromatic nitrogens is 2. The SMILES string of the molecule is Cc1sc(NC(=O)CN2CCNCC2c2nccn2C)c(C)c1C. The van der Waals surface area contributed by atoms with Gasteiger partial charge in [0.25, 0.3) is 0 Å². The highest BCUT2D eigenvalue weighted by molar-refractivity contribution is 7.16. The number of nitrogens with one attached hydrogen (secondary N) is 2. The Hall–Kier alpha value is -1.70. The topological polar surface area (TPSA) is 62.2 Å². The van der Waals surface area contributed by atoms with Crippen molar-refractivity contribution in [3.05, 3.63) is 34.2 Å². The molecule has 3 rings (SSSR count). The average Bonchev–Trinajstić information content (AvgIpc) is 3.07. The molecule has 0 bridgehead atoms. The minimum Gasteiger partial charge on any atom is -0.337 e. The van der Waals surface area contributed by atoms with Gasteiger partial charge in [-0.2, -0.15) is 0 Å². The Labute approximate surface area is 146 Å². The second kappa shape index (κ2) is 7.04. The van der Waals surface area contributed by atoms with Gasteiger partial charge in [-0.3, -0.25) is 9.69 Å². The van der Waals surface area contributed by atoms with E-state index in [4.69, 9.17) is 0 Å². The van der Waals surface area contributed by atoms with Crippen molar-refractivity contribution in [3.63, 3.8) is 0 Å². The number of hydrogen-bond donors (Lipinski definition) is 2. The third-order valence-corrected chi connectivity index (χ3v) is 6.02. The van der Waals surface area contributed by atoms with Crippen LogP contribution in [0.2, 0.25) is 0 Å². The summed E-state index contributed by atoms with van der Waals surface area (Å²) < 4.78 is 2.03. The van der Waals surface area contributed by atoms with Crippen LogP contribution in [-0.4, -0.2) is 46.5 Å². The number of anilines is 1. The van der Waals surface area contributed by atoms with Crippen LogP contribution in [0.4, 0.5) is 5.00 Å². The van der Waals surface area contributed by atoms with Crippen molar-refractivity contribution in [2.75, 3.05) is 31.5 Å². The van der Waals surface area contributed by atoms with E-state index in [0.717, 1.165) is 30.5 Å². The highest BCUT2D eigenvalue weighted by Gasteiger charge is 2.28. The first-order valence-corrected chi connectivity index (χ1v) is 9.07. The van der Waals surface area contributed by atoms with Crippen molar-refractivity contribution in [3.8, 4) is 0 Å². The zero-order valence-electron chi connectivity index (χ0n) is 14.7. The molecule has 2 aromatic rings. The molecule has 1 aliphatic heterocycles. The van der Waals surface area contributed by atoms with Gasteiger partial charge in [-0.25, -0.2) is 4.98 Å². The highest BCUT2D eigenvalue weighted by Crippen LogP contribution is 2.31. The molecule has 130 valence electrons. The van der Waals surface area contributed by atoms with Crippen molar-refractivity contribution < 1.29 is 4.79 Å². The van der Waals surface area contributed by atoms with Gasteiger partial charge in [-0.1, -0.05) is 0 Å². The summed E-state index contributed by atoms with van der Waals surface area (Å²) in [5.41, 5.74) is 2.44. The summed E-state index contributed by atoms with van der Waals surface area (Å²) in [6, 6.07) is 0.123. The molecular formula is C17H25N5OS. The second-order valence-corrected chi connectivity index (χ2v) is 7.60. The largest absolute Gasteiger partial charge is 0.337 e. The molecule has 24 heavy (non-hydrogen) atoms. The Kier molecular flexibility index (Phi) is 5.03. The number of imidazole rings is 1. The Morgan fingerprint density at radius 2 is 2.21 bits per heavy atom. The van der Waals surface area contributed by atoms with E-state index in [1.807, 2.05) is 24.0 Å². The van der Waals surface area contributed by atoms with E-state index in [0.29, 0.717) is 6.54 Å². The van der Waals surface area contributed by atoms with Crippen LogP contribution in [0.1, 0.15) is 27.9 Å². The van der Waals surface area contributed by atoms with Gasteiger partial charge in [0.15, 0.2) is 0 Å². The van der Waals surface area contributed by atoms with Gasteiger partial charge in [0, 0.05) is 44.0 Å². The summed E-state index contributed by atoms with van der Waals surface area (Å²) in [4.78, 5) is 20.5. The molecule has 6 nitrogen and oxygen atoms in total. The maximum absolute atomic E-state index is 12.6. The first-order valence-electron chi connectivity index (χ1n) is 8.25. The molecule has 1 unspecified atom stereocenters. The van der Waals surface area contributed by atoms with E-state index in [-0.39, 0.29) is 11.9 Å². The number of piperazine rings is 1. The predicted molar refractivity (Wildman–Crippen MR) is 97.6 cm³/mol. The number of carbonyl (C=O) groups excluding carboxylic acids is 1. The van der Waals surface area contributed by atoms with Gasteiger partial charge in [0.2, 0.25) is 5.91 Å². The lowest BCUT2D eigenvalue weighted by Gasteiger charge is -2.35. The monoisotopic (exact) mass is 347 g/mol. The molecular weight excluding hydrogens is 322 g/mol. The van der Waals surface area contributed by atoms with Crippen LogP contribution in [0, 0.1) is 20.8 Å². The molecule has 7 heteroatoms. The van der Waals surface area contributed by atoms with Crippen LogP contribution in [0.25, 0.3) is 0 Å². The molecule has 3 heterocycles. The fraction of sp³-hybridized carbons (Fsp3) is 0.529. The summed E-state index contributed by atoms with van der Waals surface area (Å²) in [5, 5.41) is 7.46. The lowest BCUT2D eigenvalue weighted by molar-refractivity contribution is -0.118. The lowest BCUT2D eigenvalue weighted by Crippen LogP contribution is -2.49. The Morgan fingerprint density at radius 1 is 1.42 bits per heavy atom. The van der Waals surface area contributed by atoms with Crippen molar-refractivity contribution in [1.82, 2.24) is 19.8 Å². The number of hydrogen-bond acceptors (Lipinski definition) is 5. The molecule has 0 spiro atoms. The number of nitrogens with zero attached hydrogens (tertiary/aromatic N) is 3. The maximum atomic E-state index is 12.6. The molecule has 1 fully saturated rings. The molecule has 2 aromatic heterocycles. The number of aryl methyl sites for hydroxylation is 2. The fourth-order valence-corrected chi connectivity index (χ4v) is 4.18. The minimum absolute atomic E-state index is 0.0421. The first-order chi connectivity index (χ1) is 11.5. The van der Waals surface area contributed by atoms with E-state index in [9.17, 15) is 4.79 Å². The molecule has 1 aliphatic rings. The summed E-state index contributed by atoms with van der Waals surface area (Å²) in [6.07, 6.45) is 3.76. The number of amides is 1. The van der Waals surface area contributed by atoms with Gasteiger partial charge in [-0.05, 0) is 31.9 Å². The second-order valence-electron chi connectivity index (χ2n) is 6.37. The Balaban J connectivity index is 1.70. The summed E-state index contributed by atoms with van der Waals surface area (Å²) in [7, 11) is 2.00. The van der Waals surface area contributed by atoms with Crippen molar-refractivity contribution in [1.29, 1.82) is 0 Å². The number of carbonyl (C=O) groups is 1. The Bertz CT molecular complexity index is 735. The predicted octanol–water partition coefficient (Wildman–Crippen LogP) is 1.99. The molecule has 0 aliphatic carbocycles. The smallest absolute Gasteiger partial charge is 0.239 e. The van der Waals surface area contributed by atoms with Crippen molar-refractivity contribution in [2.24, 2.45) is 7.05 Å². The average molecular weight is 347 g/mol. The standard InChI is InChI=1S/C17H25N5OS/c1-11-12(2)17(24-13(11)3)20-15(23)10-22-8-5-18-9-14(22)16-19-6-7-21(16)4/h6-7,14,18H,5,8-10H2,1-4H3,(H,20,23). The zero-order chi connectivity index (χ0) is 17.3. The van der Waals surface area contributed by atoms with Crippen molar-refractivity contribution in [2.45, 2.75) is 26.8 Å². The van der Waals surface area contributed by atoms with Crippen LogP contribution in [-0.2, 0) is 11.8 Å². The minimum atomic E-state index is 0.0421. The molecule has 2 N–H and O–H groups in total. The van der Waals surface area contributed by atoms with Gasteiger partial charge < -0.3 is 15.2 Å². The number of thiophene rings is 1. The van der Waals surface area contributed by atoms with Gasteiger partial charge in [-0.15, -0.1) is 11.3 Å². The third-order valence-electron chi connectivity index (χ3n) is 4.80. The molecule has 0 saturated carbocycles. The van der Waals surface area contributed by atoms with Crippen LogP contribution in [0.3, 0.4) is 0 Å². The molecule has 1 amide bonds. The molecule has 1 atom stereocenters. The summed E-state index contributed by atoms with van der Waals surface area (Å²) in [6.45, 7) is 9.19. The summed E-state index contributed by atoms with van der Waals surface area (Å²) in [5.74, 6) is 1.04. The molecule has 1 saturated heterocycles. The first kappa shape index (κ1) is 17.1. The van der Waals surface area contributed by atoms with E-state index in [1.54, 1.807) is 11.3 Å². The zero-order valence-corrected chi connectivity index (χ0v) is 15.5. The fourth-order valence-electron chi connectivity index (χ4n) is 3.10. The van der Waals surface area contributed by atoms with E-state index in [2.05, 4.69) is 41.3 Å². The molecule has 0 radical (unpaired) electrons.